The average molecular weight is 453 g/mol. The Kier molecular flexibility index (Phi) is 7.06. The number of nitrogens with one attached hydrogen (secondary N) is 1. The second-order valence-corrected chi connectivity index (χ2v) is 9.45. The molecule has 0 fully saturated rings. The minimum Gasteiger partial charge on any atom is -0.465 e. The topological polar surface area (TPSA) is 58.6 Å². The number of nitrogens with zero attached hydrogens (tertiary/aromatic N) is 1. The number of methoxy groups -OCH3 is 1. The average Bonchev–Trinajstić information content (AvgIpc) is 3.15. The van der Waals surface area contributed by atoms with Crippen molar-refractivity contribution in [3.63, 3.8) is 0 Å². The summed E-state index contributed by atoms with van der Waals surface area (Å²) in [5, 5.41) is 3.55. The van der Waals surface area contributed by atoms with Crippen molar-refractivity contribution in [2.24, 2.45) is 0 Å². The Morgan fingerprint density at radius 3 is 2.52 bits per heavy atom. The monoisotopic (exact) mass is 452 g/mol. The quantitative estimate of drug-likeness (QED) is 0.411. The molecule has 0 saturated carbocycles. The van der Waals surface area contributed by atoms with Crippen LogP contribution in [0.1, 0.15) is 26.4 Å². The lowest BCUT2D eigenvalue weighted by Crippen LogP contribution is -2.29. The van der Waals surface area contributed by atoms with Gasteiger partial charge in [0.25, 0.3) is 0 Å². The largest absolute Gasteiger partial charge is 0.465 e. The van der Waals surface area contributed by atoms with E-state index in [2.05, 4.69) is 22.3 Å². The highest BCUT2D eigenvalue weighted by Gasteiger charge is 2.29. The van der Waals surface area contributed by atoms with E-state index in [0.717, 1.165) is 41.4 Å². The van der Waals surface area contributed by atoms with Gasteiger partial charge in [0.2, 0.25) is 5.91 Å². The molecule has 31 heavy (non-hydrogen) atoms. The fraction of sp³-hybridized carbons (Fsp3) is 0.250. The first-order valence-electron chi connectivity index (χ1n) is 10.1. The maximum atomic E-state index is 12.6. The Hall–Kier alpha value is -2.61. The molecule has 2 heterocycles. The Bertz CT molecular complexity index is 1050. The molecule has 0 spiro atoms. The molecule has 3 aromatic rings. The van der Waals surface area contributed by atoms with Crippen LogP contribution in [-0.4, -0.2) is 36.2 Å². The summed E-state index contributed by atoms with van der Waals surface area (Å²) in [6, 6.07) is 20.2. The Morgan fingerprint density at radius 2 is 1.81 bits per heavy atom. The van der Waals surface area contributed by atoms with Gasteiger partial charge >= 0.3 is 5.97 Å². The second kappa shape index (κ2) is 10.1. The van der Waals surface area contributed by atoms with Crippen LogP contribution in [0.25, 0.3) is 0 Å². The molecule has 0 bridgehead atoms. The van der Waals surface area contributed by atoms with Crippen molar-refractivity contribution in [3.05, 3.63) is 82.2 Å². The van der Waals surface area contributed by atoms with Crippen molar-refractivity contribution in [2.45, 2.75) is 24.4 Å². The number of benzene rings is 2. The maximum absolute atomic E-state index is 12.6. The van der Waals surface area contributed by atoms with Crippen molar-refractivity contribution in [3.8, 4) is 0 Å². The van der Waals surface area contributed by atoms with E-state index in [1.807, 2.05) is 48.5 Å². The first-order valence-corrected chi connectivity index (χ1v) is 11.9. The number of carbonyl (C=O) groups excluding carboxylic acids is 2. The van der Waals surface area contributed by atoms with Gasteiger partial charge in [-0.05, 0) is 29.7 Å². The molecule has 7 heteroatoms. The molecule has 0 atom stereocenters. The van der Waals surface area contributed by atoms with Crippen LogP contribution in [-0.2, 0) is 29.0 Å². The van der Waals surface area contributed by atoms with Gasteiger partial charge < -0.3 is 10.1 Å². The van der Waals surface area contributed by atoms with Crippen LogP contribution in [0.15, 0.2) is 65.6 Å². The van der Waals surface area contributed by atoms with Gasteiger partial charge in [0.15, 0.2) is 0 Å². The lowest BCUT2D eigenvalue weighted by atomic mass is 10.0. The highest BCUT2D eigenvalue weighted by Crippen LogP contribution is 2.38. The van der Waals surface area contributed by atoms with Gasteiger partial charge in [-0.25, -0.2) is 4.79 Å². The molecule has 4 rings (SSSR count). The molecule has 0 saturated heterocycles. The van der Waals surface area contributed by atoms with Crippen LogP contribution >= 0.6 is 23.1 Å². The molecule has 160 valence electrons. The van der Waals surface area contributed by atoms with Crippen molar-refractivity contribution >= 4 is 40.0 Å². The first kappa shape index (κ1) is 21.6. The number of ether oxygens (including phenoxy) is 1. The molecule has 0 aliphatic carbocycles. The fourth-order valence-electron chi connectivity index (χ4n) is 3.67. The molecule has 1 aliphatic rings. The molecule has 1 amide bonds. The number of fused-ring (bicyclic) bond motifs is 1. The van der Waals surface area contributed by atoms with Crippen molar-refractivity contribution in [1.29, 1.82) is 0 Å². The van der Waals surface area contributed by atoms with Crippen LogP contribution in [0.3, 0.4) is 0 Å². The molecular weight excluding hydrogens is 428 g/mol. The maximum Gasteiger partial charge on any atom is 0.341 e. The zero-order valence-electron chi connectivity index (χ0n) is 17.3. The zero-order chi connectivity index (χ0) is 21.6. The van der Waals surface area contributed by atoms with Gasteiger partial charge in [0.05, 0.1) is 18.4 Å². The van der Waals surface area contributed by atoms with Crippen molar-refractivity contribution < 1.29 is 14.3 Å². The standard InChI is InChI=1S/C24H24N2O3S2/c1-29-24(28)22-19-12-13-26(14-17-8-4-2-5-9-17)15-20(19)31-23(22)25-21(27)16-30-18-10-6-3-7-11-18/h2-11H,12-16H2,1H3,(H,25,27). The van der Waals surface area contributed by atoms with Gasteiger partial charge in [0.1, 0.15) is 5.00 Å². The summed E-state index contributed by atoms with van der Waals surface area (Å²) >= 11 is 2.96. The van der Waals surface area contributed by atoms with E-state index >= 15 is 0 Å². The molecule has 5 nitrogen and oxygen atoms in total. The molecule has 1 aromatic heterocycles. The summed E-state index contributed by atoms with van der Waals surface area (Å²) in [5.41, 5.74) is 2.79. The molecule has 0 unspecified atom stereocenters. The molecule has 1 N–H and O–H groups in total. The molecule has 2 aromatic carbocycles. The number of anilines is 1. The third-order valence-corrected chi connectivity index (χ3v) is 7.28. The van der Waals surface area contributed by atoms with Crippen LogP contribution < -0.4 is 5.32 Å². The normalized spacial score (nSPS) is 13.5. The molecule has 1 aliphatic heterocycles. The van der Waals surface area contributed by atoms with Gasteiger partial charge in [-0.3, -0.25) is 9.69 Å². The third-order valence-electron chi connectivity index (χ3n) is 5.14. The van der Waals surface area contributed by atoms with Crippen LogP contribution in [0, 0.1) is 0 Å². The van der Waals surface area contributed by atoms with Crippen LogP contribution in [0.2, 0.25) is 0 Å². The van der Waals surface area contributed by atoms with Crippen LogP contribution in [0.4, 0.5) is 5.00 Å². The first-order chi connectivity index (χ1) is 15.1. The van der Waals surface area contributed by atoms with Crippen molar-refractivity contribution in [1.82, 2.24) is 4.90 Å². The summed E-state index contributed by atoms with van der Waals surface area (Å²) in [5.74, 6) is -0.230. The number of amides is 1. The van der Waals surface area contributed by atoms with Gasteiger partial charge in [-0.2, -0.15) is 0 Å². The summed E-state index contributed by atoms with van der Waals surface area (Å²) < 4.78 is 5.03. The molecule has 0 radical (unpaired) electrons. The Morgan fingerprint density at radius 1 is 1.10 bits per heavy atom. The number of thiophene rings is 1. The number of esters is 1. The Labute approximate surface area is 190 Å². The lowest BCUT2D eigenvalue weighted by molar-refractivity contribution is -0.113. The fourth-order valence-corrected chi connectivity index (χ4v) is 5.68. The minimum atomic E-state index is -0.389. The predicted octanol–water partition coefficient (Wildman–Crippen LogP) is 4.82. The smallest absolute Gasteiger partial charge is 0.341 e. The number of thioether (sulfide) groups is 1. The van der Waals surface area contributed by atoms with Gasteiger partial charge in [-0.15, -0.1) is 23.1 Å². The summed E-state index contributed by atoms with van der Waals surface area (Å²) in [7, 11) is 1.38. The van der Waals surface area contributed by atoms with E-state index < -0.39 is 0 Å². The lowest BCUT2D eigenvalue weighted by Gasteiger charge is -2.27. The van der Waals surface area contributed by atoms with Gasteiger partial charge in [0, 0.05) is 29.4 Å². The summed E-state index contributed by atoms with van der Waals surface area (Å²) in [6.07, 6.45) is 0.762. The van der Waals surface area contributed by atoms with E-state index in [1.54, 1.807) is 0 Å². The summed E-state index contributed by atoms with van der Waals surface area (Å²) in [6.45, 7) is 2.48. The highest BCUT2D eigenvalue weighted by molar-refractivity contribution is 8.00. The SMILES string of the molecule is COC(=O)c1c(NC(=O)CSc2ccccc2)sc2c1CCN(Cc1ccccc1)C2. The van der Waals surface area contributed by atoms with Crippen molar-refractivity contribution in [2.75, 3.05) is 24.7 Å². The minimum absolute atomic E-state index is 0.126. The number of carbonyl (C=O) groups is 2. The molecular formula is C24H24N2O3S2. The van der Waals surface area contributed by atoms with E-state index in [4.69, 9.17) is 4.74 Å². The number of rotatable bonds is 7. The van der Waals surface area contributed by atoms with E-state index in [9.17, 15) is 9.59 Å². The number of hydrogen-bond acceptors (Lipinski definition) is 6. The van der Waals surface area contributed by atoms with Gasteiger partial charge in [-0.1, -0.05) is 48.5 Å². The van der Waals surface area contributed by atoms with E-state index in [-0.39, 0.29) is 17.6 Å². The van der Waals surface area contributed by atoms with Crippen LogP contribution in [0.5, 0.6) is 0 Å². The predicted molar refractivity (Wildman–Crippen MR) is 126 cm³/mol. The van der Waals surface area contributed by atoms with E-state index in [1.165, 1.54) is 35.8 Å². The third kappa shape index (κ3) is 5.36. The number of hydrogen-bond donors (Lipinski definition) is 1. The zero-order valence-corrected chi connectivity index (χ0v) is 18.9. The summed E-state index contributed by atoms with van der Waals surface area (Å²) in [4.78, 5) is 29.6. The van der Waals surface area contributed by atoms with E-state index in [0.29, 0.717) is 10.6 Å². The highest BCUT2D eigenvalue weighted by atomic mass is 32.2. The Balaban J connectivity index is 1.48. The second-order valence-electron chi connectivity index (χ2n) is 7.30.